The maximum atomic E-state index is 14.4. The third-order valence-corrected chi connectivity index (χ3v) is 17.6. The molecule has 2 fully saturated rings. The van der Waals surface area contributed by atoms with Crippen molar-refractivity contribution in [1.82, 2.24) is 29.5 Å². The molecule has 5 rings (SSSR count). The smallest absolute Gasteiger partial charge is 0.327 e. The molecule has 4 heterocycles. The largest absolute Gasteiger partial charge is 0.408 e. The molecule has 0 bridgehead atoms. The number of nitrogens with one attached hydrogen (secondary N) is 3. The van der Waals surface area contributed by atoms with Gasteiger partial charge in [0.1, 0.15) is 24.6 Å². The van der Waals surface area contributed by atoms with Crippen LogP contribution in [0.2, 0.25) is 18.1 Å². The summed E-state index contributed by atoms with van der Waals surface area (Å²) in [4.78, 5) is 54.3. The first-order chi connectivity index (χ1) is 27.3. The molecular weight excluding hydrogens is 840 g/mol. The standard InChI is InChI=1S/C33H50FN9O11P2SSi/c1-18(2)29(45)41-32-40-28-24(30(46)42-32)38-17-43(28)31-26(25(23(14-44)51-31)54-58(6,7)33(3,4)5)53-56(57,49-10-8-9-35)50-15-19-11-20(12-22(19)52-55(47)48)39-27-21(34)13-36-16-37-27/h13,16-20,22-23,25-26,31,44,55H,8,10-12,14-15H2,1-7H3,(H,47,48)(H,36,37,39)(H2,40,41,42,45,46)/t19-,20-,22+,23-,25-,26-,31-,56?/m1/s1. The van der Waals surface area contributed by atoms with Crippen LogP contribution >= 0.6 is 15.0 Å². The first kappa shape index (κ1) is 46.0. The number of anilines is 2. The predicted octanol–water partition coefficient (Wildman–Crippen LogP) is 4.14. The molecule has 3 aromatic heterocycles. The van der Waals surface area contributed by atoms with Crippen LogP contribution in [0.1, 0.15) is 60.1 Å². The Morgan fingerprint density at radius 2 is 2.02 bits per heavy atom. The minimum absolute atomic E-state index is 0.00882. The highest BCUT2D eigenvalue weighted by Gasteiger charge is 2.54. The zero-order valence-electron chi connectivity index (χ0n) is 33.1. The van der Waals surface area contributed by atoms with Crippen LogP contribution in [-0.2, 0) is 48.4 Å². The lowest BCUT2D eigenvalue weighted by Crippen LogP contribution is -2.50. The molecule has 0 radical (unpaired) electrons. The number of fused-ring (bicyclic) bond motifs is 1. The van der Waals surface area contributed by atoms with E-state index in [2.05, 4.69) is 35.6 Å². The molecule has 5 N–H and O–H groups in total. The van der Waals surface area contributed by atoms with Gasteiger partial charge in [-0.25, -0.2) is 19.3 Å². The van der Waals surface area contributed by atoms with Crippen molar-refractivity contribution in [2.24, 2.45) is 11.8 Å². The monoisotopic (exact) mass is 889 g/mol. The number of H-pyrrole nitrogens is 1. The van der Waals surface area contributed by atoms with Gasteiger partial charge in [-0.05, 0) is 42.8 Å². The lowest BCUT2D eigenvalue weighted by atomic mass is 10.1. The second kappa shape index (κ2) is 19.1. The Labute approximate surface area is 340 Å². The van der Waals surface area contributed by atoms with Crippen molar-refractivity contribution >= 4 is 63.9 Å². The Kier molecular flexibility index (Phi) is 15.1. The summed E-state index contributed by atoms with van der Waals surface area (Å²) >= 11 is 6.00. The van der Waals surface area contributed by atoms with E-state index < -0.39 is 95.7 Å². The SMILES string of the molecule is CC(C)C(=O)Nc1nc2c(ncn2[C@@H]2O[C@H](CO)[C@@H](O[Si](C)(C)C(C)(C)C)[C@H]2OP(=S)(OCCC#N)OC[C@H]2C[C@@H](Nc3ncncc3F)C[C@@H]2O[PH](=O)O)c(=O)[nH]1. The number of halogens is 1. The molecule has 0 spiro atoms. The molecule has 20 nitrogen and oxygen atoms in total. The number of aliphatic hydroxyl groups is 1. The van der Waals surface area contributed by atoms with Gasteiger partial charge in [0.15, 0.2) is 37.3 Å². The van der Waals surface area contributed by atoms with E-state index in [9.17, 15) is 33.8 Å². The third-order valence-electron chi connectivity index (χ3n) is 10.2. The van der Waals surface area contributed by atoms with E-state index in [4.69, 9.17) is 39.1 Å². The molecule has 320 valence electrons. The lowest BCUT2D eigenvalue weighted by Gasteiger charge is -2.41. The van der Waals surface area contributed by atoms with E-state index in [1.54, 1.807) is 13.8 Å². The average molecular weight is 890 g/mol. The van der Waals surface area contributed by atoms with Gasteiger partial charge in [0, 0.05) is 17.9 Å². The minimum Gasteiger partial charge on any atom is -0.408 e. The molecule has 1 aliphatic heterocycles. The number of hydrogen-bond acceptors (Lipinski definition) is 17. The molecule has 1 saturated carbocycles. The molecule has 1 saturated heterocycles. The van der Waals surface area contributed by atoms with Gasteiger partial charge in [-0.15, -0.1) is 0 Å². The molecule has 2 unspecified atom stereocenters. The Morgan fingerprint density at radius 3 is 2.66 bits per heavy atom. The Balaban J connectivity index is 1.52. The van der Waals surface area contributed by atoms with E-state index in [0.717, 1.165) is 6.20 Å². The number of carbonyl (C=O) groups is 1. The summed E-state index contributed by atoms with van der Waals surface area (Å²) < 4.78 is 65.4. The lowest BCUT2D eigenvalue weighted by molar-refractivity contribution is -0.118. The molecule has 2 aliphatic rings. The zero-order valence-corrected chi connectivity index (χ0v) is 36.8. The molecule has 58 heavy (non-hydrogen) atoms. The van der Waals surface area contributed by atoms with Crippen LogP contribution in [0, 0.1) is 29.0 Å². The summed E-state index contributed by atoms with van der Waals surface area (Å²) in [5.41, 5.74) is -0.719. The summed E-state index contributed by atoms with van der Waals surface area (Å²) in [6.45, 7) is 8.58. The topological polar surface area (TPSA) is 267 Å². The van der Waals surface area contributed by atoms with Crippen molar-refractivity contribution in [3.63, 3.8) is 0 Å². The van der Waals surface area contributed by atoms with Crippen LogP contribution in [0.15, 0.2) is 23.6 Å². The number of aromatic amines is 1. The maximum absolute atomic E-state index is 14.4. The minimum atomic E-state index is -3.95. The molecular formula is C33H50FN9O11P2SSi. The number of hydrogen-bond donors (Lipinski definition) is 5. The van der Waals surface area contributed by atoms with Gasteiger partial charge >= 0.3 is 15.0 Å². The number of nitriles is 1. The molecule has 25 heteroatoms. The molecule has 1 aliphatic carbocycles. The fraction of sp³-hybridized carbons (Fsp3) is 0.667. The number of aromatic nitrogens is 6. The Morgan fingerprint density at radius 1 is 1.28 bits per heavy atom. The van der Waals surface area contributed by atoms with Crippen molar-refractivity contribution in [3.8, 4) is 6.07 Å². The number of ether oxygens (including phenoxy) is 1. The summed E-state index contributed by atoms with van der Waals surface area (Å²) in [5.74, 6) is -2.28. The average Bonchev–Trinajstić information content (AvgIpc) is 3.82. The van der Waals surface area contributed by atoms with Crippen LogP contribution in [0.4, 0.5) is 16.2 Å². The highest BCUT2D eigenvalue weighted by atomic mass is 32.5. The number of rotatable bonds is 18. The molecule has 0 aromatic carbocycles. The number of amides is 1. The van der Waals surface area contributed by atoms with Gasteiger partial charge in [-0.3, -0.25) is 33.5 Å². The van der Waals surface area contributed by atoms with Crippen molar-refractivity contribution in [3.05, 3.63) is 35.0 Å². The summed E-state index contributed by atoms with van der Waals surface area (Å²) in [7, 11) is -6.09. The van der Waals surface area contributed by atoms with Crippen LogP contribution in [-0.4, -0.2) is 104 Å². The molecule has 9 atom stereocenters. The van der Waals surface area contributed by atoms with Gasteiger partial charge in [0.25, 0.3) is 5.56 Å². The van der Waals surface area contributed by atoms with Gasteiger partial charge in [-0.1, -0.05) is 34.6 Å². The summed E-state index contributed by atoms with van der Waals surface area (Å²) in [5, 5.41) is 25.3. The number of nitrogens with zero attached hydrogens (tertiary/aromatic N) is 6. The van der Waals surface area contributed by atoms with Gasteiger partial charge in [-0.2, -0.15) is 10.2 Å². The van der Waals surface area contributed by atoms with Crippen LogP contribution in [0.5, 0.6) is 0 Å². The Bertz CT molecular complexity index is 2100. The first-order valence-corrected chi connectivity index (χ1v) is 25.3. The van der Waals surface area contributed by atoms with E-state index >= 15 is 0 Å². The van der Waals surface area contributed by atoms with Crippen molar-refractivity contribution in [2.45, 2.75) is 109 Å². The summed E-state index contributed by atoms with van der Waals surface area (Å²) in [6.07, 6.45) is -1.41. The fourth-order valence-corrected chi connectivity index (χ4v) is 10.2. The van der Waals surface area contributed by atoms with Gasteiger partial charge < -0.3 is 38.1 Å². The van der Waals surface area contributed by atoms with Crippen LogP contribution in [0.25, 0.3) is 11.2 Å². The number of aliphatic hydroxyl groups excluding tert-OH is 1. The fourth-order valence-electron chi connectivity index (χ4n) is 6.19. The predicted molar refractivity (Wildman–Crippen MR) is 214 cm³/mol. The van der Waals surface area contributed by atoms with E-state index in [-0.39, 0.29) is 60.4 Å². The highest BCUT2D eigenvalue weighted by molar-refractivity contribution is 8.07. The Hall–Kier alpha value is -3.10. The number of carbonyl (C=O) groups excluding carboxylic acids is 1. The molecule has 3 aromatic rings. The number of imidazole rings is 1. The maximum Gasteiger partial charge on any atom is 0.327 e. The van der Waals surface area contributed by atoms with E-state index in [1.165, 1.54) is 17.2 Å². The van der Waals surface area contributed by atoms with Gasteiger partial charge in [0.2, 0.25) is 11.9 Å². The second-order valence-electron chi connectivity index (χ2n) is 15.7. The van der Waals surface area contributed by atoms with Crippen molar-refractivity contribution in [2.75, 3.05) is 30.5 Å². The normalized spacial score (nSPS) is 25.4. The molecule has 1 amide bonds. The summed E-state index contributed by atoms with van der Waals surface area (Å²) in [6, 6.07) is 1.54. The zero-order chi connectivity index (χ0) is 42.6. The first-order valence-electron chi connectivity index (χ1n) is 18.5. The van der Waals surface area contributed by atoms with Gasteiger partial charge in [0.05, 0.1) is 50.9 Å². The van der Waals surface area contributed by atoms with Crippen molar-refractivity contribution < 1.29 is 51.0 Å². The van der Waals surface area contributed by atoms with Crippen molar-refractivity contribution in [1.29, 1.82) is 5.26 Å². The highest BCUT2D eigenvalue weighted by Crippen LogP contribution is 2.56. The van der Waals surface area contributed by atoms with Crippen LogP contribution < -0.4 is 16.2 Å². The van der Waals surface area contributed by atoms with E-state index in [0.29, 0.717) is 0 Å². The van der Waals surface area contributed by atoms with Crippen LogP contribution in [0.3, 0.4) is 0 Å². The van der Waals surface area contributed by atoms with E-state index in [1.807, 2.05) is 39.9 Å². The third kappa shape index (κ3) is 11.0. The quantitative estimate of drug-likeness (QED) is 0.0682. The second-order valence-corrected chi connectivity index (χ2v) is 24.2.